The first-order chi connectivity index (χ1) is 11.9. The number of methoxy groups -OCH3 is 2. The van der Waals surface area contributed by atoms with Crippen LogP contribution in [0.4, 0.5) is 0 Å². The average molecular weight is 348 g/mol. The molecule has 2 heterocycles. The van der Waals surface area contributed by atoms with Gasteiger partial charge in [-0.1, -0.05) is 13.8 Å². The van der Waals surface area contributed by atoms with Crippen molar-refractivity contribution < 1.29 is 14.2 Å². The molecule has 1 unspecified atom stereocenters. The van der Waals surface area contributed by atoms with Gasteiger partial charge in [-0.15, -0.1) is 0 Å². The fourth-order valence-corrected chi connectivity index (χ4v) is 3.83. The molecule has 25 heavy (non-hydrogen) atoms. The maximum absolute atomic E-state index is 6.27. The summed E-state index contributed by atoms with van der Waals surface area (Å²) < 4.78 is 17.3. The van der Waals surface area contributed by atoms with Crippen LogP contribution in [0.1, 0.15) is 37.5 Å². The zero-order valence-corrected chi connectivity index (χ0v) is 16.3. The van der Waals surface area contributed by atoms with Crippen molar-refractivity contribution in [2.75, 3.05) is 60.6 Å². The molecule has 140 valence electrons. The molecule has 3 rings (SSSR count). The van der Waals surface area contributed by atoms with Crippen LogP contribution >= 0.6 is 0 Å². The second kappa shape index (κ2) is 7.52. The molecule has 0 spiro atoms. The average Bonchev–Trinajstić information content (AvgIpc) is 2.61. The highest BCUT2D eigenvalue weighted by molar-refractivity contribution is 5.51. The maximum atomic E-state index is 6.27. The van der Waals surface area contributed by atoms with Crippen molar-refractivity contribution >= 4 is 0 Å². The Morgan fingerprint density at radius 1 is 1.08 bits per heavy atom. The fraction of sp³-hybridized carbons (Fsp3) is 0.700. The molecule has 0 radical (unpaired) electrons. The Kier molecular flexibility index (Phi) is 5.56. The van der Waals surface area contributed by atoms with Crippen LogP contribution in [0.25, 0.3) is 0 Å². The van der Waals surface area contributed by atoms with Gasteiger partial charge in [0.25, 0.3) is 0 Å². The Morgan fingerprint density at radius 2 is 1.72 bits per heavy atom. The van der Waals surface area contributed by atoms with Crippen molar-refractivity contribution in [3.63, 3.8) is 0 Å². The van der Waals surface area contributed by atoms with E-state index in [2.05, 4.69) is 42.8 Å². The Balaban J connectivity index is 1.78. The van der Waals surface area contributed by atoms with Gasteiger partial charge in [0.05, 0.1) is 26.9 Å². The van der Waals surface area contributed by atoms with Gasteiger partial charge in [-0.25, -0.2) is 0 Å². The third-order valence-electron chi connectivity index (χ3n) is 5.58. The van der Waals surface area contributed by atoms with Gasteiger partial charge >= 0.3 is 0 Å². The van der Waals surface area contributed by atoms with Crippen molar-refractivity contribution in [1.82, 2.24) is 9.80 Å². The van der Waals surface area contributed by atoms with E-state index in [1.807, 2.05) is 0 Å². The van der Waals surface area contributed by atoms with Gasteiger partial charge in [-0.2, -0.15) is 0 Å². The van der Waals surface area contributed by atoms with Crippen LogP contribution in [0.5, 0.6) is 11.5 Å². The quantitative estimate of drug-likeness (QED) is 0.817. The van der Waals surface area contributed by atoms with E-state index >= 15 is 0 Å². The van der Waals surface area contributed by atoms with Gasteiger partial charge in [0.15, 0.2) is 11.5 Å². The number of hydrogen-bond donors (Lipinski definition) is 0. The Bertz CT molecular complexity index is 595. The number of benzene rings is 1. The predicted octanol–water partition coefficient (Wildman–Crippen LogP) is 2.69. The molecule has 1 atom stereocenters. The van der Waals surface area contributed by atoms with E-state index in [4.69, 9.17) is 14.2 Å². The monoisotopic (exact) mass is 348 g/mol. The summed E-state index contributed by atoms with van der Waals surface area (Å²) in [5.41, 5.74) is 2.56. The second-order valence-electron chi connectivity index (χ2n) is 7.91. The minimum Gasteiger partial charge on any atom is -0.493 e. The lowest BCUT2D eigenvalue weighted by molar-refractivity contribution is -0.00530. The molecule has 0 amide bonds. The summed E-state index contributed by atoms with van der Waals surface area (Å²) in [5.74, 6) is 1.58. The molecule has 0 saturated carbocycles. The largest absolute Gasteiger partial charge is 0.493 e. The molecule has 5 nitrogen and oxygen atoms in total. The van der Waals surface area contributed by atoms with Crippen molar-refractivity contribution in [2.24, 2.45) is 0 Å². The van der Waals surface area contributed by atoms with Crippen LogP contribution in [-0.2, 0) is 10.2 Å². The lowest BCUT2D eigenvalue weighted by atomic mass is 9.78. The molecular weight excluding hydrogens is 316 g/mol. The second-order valence-corrected chi connectivity index (χ2v) is 7.91. The highest BCUT2D eigenvalue weighted by Crippen LogP contribution is 2.44. The predicted molar refractivity (Wildman–Crippen MR) is 99.8 cm³/mol. The molecule has 2 aliphatic heterocycles. The highest BCUT2D eigenvalue weighted by Gasteiger charge is 2.35. The Hall–Kier alpha value is -1.30. The summed E-state index contributed by atoms with van der Waals surface area (Å²) in [5, 5.41) is 0. The van der Waals surface area contributed by atoms with Crippen LogP contribution in [0, 0.1) is 0 Å². The lowest BCUT2D eigenvalue weighted by Gasteiger charge is -2.39. The van der Waals surface area contributed by atoms with Gasteiger partial charge in [-0.3, -0.25) is 0 Å². The van der Waals surface area contributed by atoms with E-state index in [0.717, 1.165) is 57.3 Å². The van der Waals surface area contributed by atoms with Gasteiger partial charge in [0.2, 0.25) is 0 Å². The molecular formula is C20H32N2O3. The van der Waals surface area contributed by atoms with Crippen LogP contribution in [0.3, 0.4) is 0 Å². The normalized spacial score (nSPS) is 24.0. The first-order valence-electron chi connectivity index (χ1n) is 9.23. The van der Waals surface area contributed by atoms with Crippen LogP contribution in [-0.4, -0.2) is 70.4 Å². The van der Waals surface area contributed by atoms with Crippen LogP contribution in [0.15, 0.2) is 12.1 Å². The number of ether oxygens (including phenoxy) is 3. The molecule has 1 aromatic rings. The number of likely N-dealkylation sites (N-methyl/N-ethyl adjacent to an activating group) is 1. The van der Waals surface area contributed by atoms with Gasteiger partial charge in [0, 0.05) is 38.1 Å². The van der Waals surface area contributed by atoms with Crippen molar-refractivity contribution in [2.45, 2.75) is 31.8 Å². The summed E-state index contributed by atoms with van der Waals surface area (Å²) in [4.78, 5) is 4.94. The molecule has 0 N–H and O–H groups in total. The minimum absolute atomic E-state index is 0.0147. The van der Waals surface area contributed by atoms with Crippen molar-refractivity contribution in [3.05, 3.63) is 23.3 Å². The van der Waals surface area contributed by atoms with Crippen LogP contribution in [0.2, 0.25) is 0 Å². The standard InChI is InChI=1S/C20H32N2O3/c1-20(2)14-25-17(6-7-22-10-8-21(3)9-11-22)15-12-18(23-4)19(24-5)13-16(15)20/h12-13,17H,6-11,14H2,1-5H3. The summed E-state index contributed by atoms with van der Waals surface area (Å²) in [7, 11) is 5.58. The Morgan fingerprint density at radius 3 is 2.36 bits per heavy atom. The van der Waals surface area contributed by atoms with Crippen molar-refractivity contribution in [1.29, 1.82) is 0 Å². The van der Waals surface area contributed by atoms with Crippen LogP contribution < -0.4 is 9.47 Å². The molecule has 0 bridgehead atoms. The third-order valence-corrected chi connectivity index (χ3v) is 5.58. The van der Waals surface area contributed by atoms with E-state index in [0.29, 0.717) is 0 Å². The number of hydrogen-bond acceptors (Lipinski definition) is 5. The summed E-state index contributed by atoms with van der Waals surface area (Å²) in [6.07, 6.45) is 1.14. The lowest BCUT2D eigenvalue weighted by Crippen LogP contribution is -2.45. The zero-order chi connectivity index (χ0) is 18.0. The third kappa shape index (κ3) is 3.94. The topological polar surface area (TPSA) is 34.2 Å². The SMILES string of the molecule is COc1cc2c(cc1OC)C(C)(C)COC2CCN1CCN(C)CC1. The zero-order valence-electron chi connectivity index (χ0n) is 16.3. The van der Waals surface area contributed by atoms with E-state index in [1.165, 1.54) is 11.1 Å². The molecule has 1 fully saturated rings. The number of rotatable bonds is 5. The molecule has 1 aromatic carbocycles. The van der Waals surface area contributed by atoms with E-state index in [-0.39, 0.29) is 11.5 Å². The van der Waals surface area contributed by atoms with Gasteiger partial charge < -0.3 is 24.0 Å². The van der Waals surface area contributed by atoms with Gasteiger partial charge in [-0.05, 0) is 36.7 Å². The van der Waals surface area contributed by atoms with Gasteiger partial charge in [0.1, 0.15) is 0 Å². The molecule has 2 aliphatic rings. The van der Waals surface area contributed by atoms with E-state index in [9.17, 15) is 0 Å². The minimum atomic E-state index is -0.0147. The maximum Gasteiger partial charge on any atom is 0.161 e. The molecule has 0 aliphatic carbocycles. The molecule has 5 heteroatoms. The molecule has 1 saturated heterocycles. The molecule has 0 aromatic heterocycles. The van der Waals surface area contributed by atoms with E-state index < -0.39 is 0 Å². The Labute approximate surface area is 151 Å². The first-order valence-corrected chi connectivity index (χ1v) is 9.23. The smallest absolute Gasteiger partial charge is 0.161 e. The number of nitrogens with zero attached hydrogens (tertiary/aromatic N) is 2. The summed E-state index contributed by atoms with van der Waals surface area (Å²) in [6.45, 7) is 10.9. The highest BCUT2D eigenvalue weighted by atomic mass is 16.5. The number of fused-ring (bicyclic) bond motifs is 1. The fourth-order valence-electron chi connectivity index (χ4n) is 3.83. The summed E-state index contributed by atoms with van der Waals surface area (Å²) >= 11 is 0. The number of piperazine rings is 1. The van der Waals surface area contributed by atoms with E-state index in [1.54, 1.807) is 14.2 Å². The van der Waals surface area contributed by atoms with Crippen molar-refractivity contribution in [3.8, 4) is 11.5 Å². The first kappa shape index (κ1) is 18.5. The summed E-state index contributed by atoms with van der Waals surface area (Å²) in [6, 6.07) is 4.25.